The molecule has 0 aliphatic carbocycles. The molecule has 0 amide bonds. The fourth-order valence-corrected chi connectivity index (χ4v) is 11.8. The van der Waals surface area contributed by atoms with E-state index in [1.165, 1.54) is 25.1 Å². The van der Waals surface area contributed by atoms with Crippen molar-refractivity contribution in [2.45, 2.75) is 0 Å². The predicted octanol–water partition coefficient (Wildman–Crippen LogP) is 17.0. The quantitative estimate of drug-likeness (QED) is 0.160. The minimum atomic E-state index is 0.878. The highest BCUT2D eigenvalue weighted by Gasteiger charge is 2.21. The average Bonchev–Trinajstić information content (AvgIpc) is 4.20. The first-order valence-electron chi connectivity index (χ1n) is 21.5. The Hall–Kier alpha value is -7.68. The molecule has 2 aliphatic rings. The van der Waals surface area contributed by atoms with Crippen LogP contribution < -0.4 is 0 Å². The first-order valence-corrected chi connectivity index (χ1v) is 24.1. The van der Waals surface area contributed by atoms with Gasteiger partial charge in [-0.05, 0) is 99.3 Å². The number of benzene rings is 4. The fraction of sp³-hybridized carbons (Fsp3) is 0. The second kappa shape index (κ2) is 16.8. The molecule has 0 unspecified atom stereocenters. The molecule has 10 aromatic rings. The van der Waals surface area contributed by atoms with E-state index < -0.39 is 0 Å². The van der Waals surface area contributed by atoms with Crippen LogP contribution in [-0.4, -0.2) is 19.9 Å². The Morgan fingerprint density at radius 3 is 1.31 bits per heavy atom. The first kappa shape index (κ1) is 39.0. The van der Waals surface area contributed by atoms with Gasteiger partial charge < -0.3 is 9.97 Å². The van der Waals surface area contributed by atoms with Gasteiger partial charge in [0.25, 0.3) is 0 Å². The normalized spacial score (nSPS) is 12.1. The highest BCUT2D eigenvalue weighted by molar-refractivity contribution is 7.26. The van der Waals surface area contributed by atoms with E-state index >= 15 is 0 Å². The first-order chi connectivity index (χ1) is 32.2. The molecule has 0 saturated heterocycles. The Balaban J connectivity index is 1.22. The third-order valence-electron chi connectivity index (χ3n) is 11.9. The molecule has 0 saturated carbocycles. The van der Waals surface area contributed by atoms with Crippen LogP contribution >= 0.6 is 34.0 Å². The largest absolute Gasteiger partial charge is 0.354 e. The molecule has 0 spiro atoms. The van der Waals surface area contributed by atoms with Crippen molar-refractivity contribution in [3.05, 3.63) is 215 Å². The smallest absolute Gasteiger partial charge is 0.0737 e. The van der Waals surface area contributed by atoms with Crippen LogP contribution in [0.5, 0.6) is 0 Å². The molecule has 2 aliphatic heterocycles. The summed E-state index contributed by atoms with van der Waals surface area (Å²) in [5.74, 6) is 0. The molecule has 4 aromatic carbocycles. The summed E-state index contributed by atoms with van der Waals surface area (Å²) in [7, 11) is 0. The molecule has 0 radical (unpaired) electrons. The highest BCUT2D eigenvalue weighted by Crippen LogP contribution is 2.44. The van der Waals surface area contributed by atoms with Gasteiger partial charge in [0.15, 0.2) is 0 Å². The van der Waals surface area contributed by atoms with Crippen LogP contribution in [-0.2, 0) is 0 Å². The van der Waals surface area contributed by atoms with Crippen LogP contribution in [0.15, 0.2) is 181 Å². The van der Waals surface area contributed by atoms with E-state index in [1.54, 1.807) is 22.7 Å². The van der Waals surface area contributed by atoms with Crippen molar-refractivity contribution >= 4 is 92.5 Å². The second-order valence-electron chi connectivity index (χ2n) is 15.9. The van der Waals surface area contributed by atoms with Gasteiger partial charge in [-0.1, -0.05) is 146 Å². The van der Waals surface area contributed by atoms with Crippen molar-refractivity contribution in [1.29, 1.82) is 0 Å². The van der Waals surface area contributed by atoms with Gasteiger partial charge >= 0.3 is 0 Å². The van der Waals surface area contributed by atoms with Gasteiger partial charge in [-0.25, -0.2) is 9.97 Å². The number of H-pyrrole nitrogens is 2. The van der Waals surface area contributed by atoms with E-state index in [4.69, 9.17) is 9.97 Å². The summed E-state index contributed by atoms with van der Waals surface area (Å²) < 4.78 is 0. The highest BCUT2D eigenvalue weighted by atomic mass is 32.1. The minimum absolute atomic E-state index is 0.878. The number of thiophene rings is 3. The Bertz CT molecular complexity index is 3610. The second-order valence-corrected chi connectivity index (χ2v) is 18.8. The van der Waals surface area contributed by atoms with Crippen molar-refractivity contribution in [1.82, 2.24) is 19.9 Å². The molecule has 2 N–H and O–H groups in total. The minimum Gasteiger partial charge on any atom is -0.354 e. The number of rotatable bonds is 8. The van der Waals surface area contributed by atoms with Gasteiger partial charge in [0.05, 0.1) is 33.2 Å². The number of nitrogens with one attached hydrogen (secondary N) is 2. The third kappa shape index (κ3) is 7.35. The van der Waals surface area contributed by atoms with Crippen molar-refractivity contribution in [3.8, 4) is 64.0 Å². The standard InChI is InChI=1S/C58H38N4S3/c1-5-15-37(16-6-1)53-43-27-28-44(59-43)54(38-17-7-2-8-18-38)46-31-32-48(61-46)56(40-21-11-4-12-22-40)57-41(35-49(62-57)55(39-19-9-3-10-20-39)47-30-29-45(53)60-47)25-26-42-36-52(50-23-13-33-63-50)65-58(42)51-24-14-34-64-51/h1-36,59,62H/b26-25+,53-43?,53-45?,54-44?,54-46?,55-47?,55-49?,56-48?,57-56?. The van der Waals surface area contributed by atoms with Crippen molar-refractivity contribution in [3.63, 3.8) is 0 Å². The molecule has 0 atom stereocenters. The van der Waals surface area contributed by atoms with Crippen LogP contribution in [0.1, 0.15) is 33.9 Å². The zero-order valence-electron chi connectivity index (χ0n) is 34.9. The third-order valence-corrected chi connectivity index (χ3v) is 15.1. The van der Waals surface area contributed by atoms with Gasteiger partial charge in [0.2, 0.25) is 0 Å². The zero-order valence-corrected chi connectivity index (χ0v) is 37.4. The van der Waals surface area contributed by atoms with E-state index in [2.05, 4.69) is 227 Å². The lowest BCUT2D eigenvalue weighted by Gasteiger charge is -2.07. The SMILES string of the molecule is C1=Cc2nc1c(-c1ccccc1)c1ccc([nH]1)c(-c1ccccc1)c1nc(c(-c3ccccc3)c3[nH]c(cc3/C=C/c3cc(-c4cccs4)sc3-c3cccs3)c2-c2ccccc2)C=C1. The van der Waals surface area contributed by atoms with E-state index in [9.17, 15) is 0 Å². The fourth-order valence-electron chi connectivity index (χ4n) is 8.92. The Morgan fingerprint density at radius 2 is 0.815 bits per heavy atom. The molecule has 6 aromatic heterocycles. The van der Waals surface area contributed by atoms with Crippen molar-refractivity contribution in [2.24, 2.45) is 0 Å². The molecule has 4 nitrogen and oxygen atoms in total. The summed E-state index contributed by atoms with van der Waals surface area (Å²) in [4.78, 5) is 24.1. The summed E-state index contributed by atoms with van der Waals surface area (Å²) in [6, 6.07) is 60.1. The Kier molecular flexibility index (Phi) is 10.1. The van der Waals surface area contributed by atoms with Crippen LogP contribution in [0.2, 0.25) is 0 Å². The average molecular weight is 887 g/mol. The maximum Gasteiger partial charge on any atom is 0.0737 e. The number of hydrogen-bond acceptors (Lipinski definition) is 5. The van der Waals surface area contributed by atoms with Crippen LogP contribution in [0.25, 0.3) is 123 Å². The monoisotopic (exact) mass is 886 g/mol. The molecule has 0 fully saturated rings. The molecule has 8 heterocycles. The van der Waals surface area contributed by atoms with Crippen LogP contribution in [0, 0.1) is 0 Å². The van der Waals surface area contributed by atoms with Gasteiger partial charge in [0.1, 0.15) is 0 Å². The molecule has 308 valence electrons. The molecule has 65 heavy (non-hydrogen) atoms. The van der Waals surface area contributed by atoms with Gasteiger partial charge in [-0.15, -0.1) is 34.0 Å². The lowest BCUT2D eigenvalue weighted by Crippen LogP contribution is -1.89. The molecule has 7 heteroatoms. The molecular weight excluding hydrogens is 849 g/mol. The van der Waals surface area contributed by atoms with Crippen molar-refractivity contribution in [2.75, 3.05) is 0 Å². The lowest BCUT2D eigenvalue weighted by atomic mass is 10.0. The van der Waals surface area contributed by atoms with E-state index in [-0.39, 0.29) is 0 Å². The zero-order chi connectivity index (χ0) is 43.1. The van der Waals surface area contributed by atoms with Crippen LogP contribution in [0.4, 0.5) is 0 Å². The number of aromatic amines is 2. The summed E-state index contributed by atoms with van der Waals surface area (Å²) >= 11 is 5.41. The number of fused-ring (bicyclic) bond motifs is 8. The Morgan fingerprint density at radius 1 is 0.369 bits per heavy atom. The van der Waals surface area contributed by atoms with Crippen LogP contribution in [0.3, 0.4) is 0 Å². The van der Waals surface area contributed by atoms with Gasteiger partial charge in [-0.3, -0.25) is 0 Å². The molecular formula is C58H38N4S3. The maximum absolute atomic E-state index is 5.57. The number of nitrogens with zero attached hydrogens (tertiary/aromatic N) is 2. The predicted molar refractivity (Wildman–Crippen MR) is 280 cm³/mol. The summed E-state index contributed by atoms with van der Waals surface area (Å²) in [6.07, 6.45) is 13.2. The summed E-state index contributed by atoms with van der Waals surface area (Å²) in [6.45, 7) is 0. The topological polar surface area (TPSA) is 57.4 Å². The number of aromatic nitrogens is 4. The maximum atomic E-state index is 5.57. The summed E-state index contributed by atoms with van der Waals surface area (Å²) in [5, 5.41) is 4.31. The van der Waals surface area contributed by atoms with Gasteiger partial charge in [0, 0.05) is 59.0 Å². The van der Waals surface area contributed by atoms with E-state index in [1.807, 2.05) is 11.3 Å². The number of hydrogen-bond donors (Lipinski definition) is 2. The van der Waals surface area contributed by atoms with E-state index in [0.717, 1.165) is 94.9 Å². The van der Waals surface area contributed by atoms with Crippen molar-refractivity contribution < 1.29 is 0 Å². The molecule has 8 bridgehead atoms. The lowest BCUT2D eigenvalue weighted by molar-refractivity contribution is 1.31. The molecule has 12 rings (SSSR count). The van der Waals surface area contributed by atoms with E-state index in [0.29, 0.717) is 0 Å². The van der Waals surface area contributed by atoms with Gasteiger partial charge in [-0.2, -0.15) is 0 Å². The Labute approximate surface area is 388 Å². The summed E-state index contributed by atoms with van der Waals surface area (Å²) in [5.41, 5.74) is 18.0.